The monoisotopic (exact) mass is 422 g/mol. The van der Waals surface area contributed by atoms with E-state index in [1.807, 2.05) is 0 Å². The Labute approximate surface area is 174 Å². The minimum absolute atomic E-state index is 0.0785. The van der Waals surface area contributed by atoms with Gasteiger partial charge in [-0.15, -0.1) is 22.0 Å². The van der Waals surface area contributed by atoms with Crippen LogP contribution in [0.3, 0.4) is 0 Å². The van der Waals surface area contributed by atoms with Crippen LogP contribution in [0.5, 0.6) is 0 Å². The number of nitrogens with one attached hydrogen (secondary N) is 1. The first-order valence-electron chi connectivity index (χ1n) is 9.82. The molecule has 2 aromatic rings. The third-order valence-corrected chi connectivity index (χ3v) is 6.79. The van der Waals surface area contributed by atoms with Crippen LogP contribution in [0.25, 0.3) is 0 Å². The molecule has 0 radical (unpaired) electrons. The predicted octanol–water partition coefficient (Wildman–Crippen LogP) is 4.41. The Balaban J connectivity index is 1.47. The van der Waals surface area contributed by atoms with Crippen molar-refractivity contribution in [3.05, 3.63) is 41.5 Å². The number of thioether (sulfide) groups is 2. The summed E-state index contributed by atoms with van der Waals surface area (Å²) in [5.41, 5.74) is 1.09. The van der Waals surface area contributed by atoms with Crippen molar-refractivity contribution in [2.75, 3.05) is 5.75 Å². The van der Waals surface area contributed by atoms with Gasteiger partial charge in [0.15, 0.2) is 5.16 Å². The zero-order valence-corrected chi connectivity index (χ0v) is 17.8. The third kappa shape index (κ3) is 6.24. The topological polar surface area (TPSA) is 59.8 Å². The maximum Gasteiger partial charge on any atom is 0.230 e. The second kappa shape index (κ2) is 10.9. The Morgan fingerprint density at radius 3 is 2.64 bits per heavy atom. The number of amides is 1. The zero-order chi connectivity index (χ0) is 19.8. The van der Waals surface area contributed by atoms with Gasteiger partial charge in [0.05, 0.1) is 11.5 Å². The van der Waals surface area contributed by atoms with Gasteiger partial charge >= 0.3 is 0 Å². The van der Waals surface area contributed by atoms with Gasteiger partial charge in [-0.3, -0.25) is 4.79 Å². The minimum atomic E-state index is -0.214. The van der Waals surface area contributed by atoms with E-state index in [4.69, 9.17) is 0 Å². The molecular weight excluding hydrogens is 395 g/mol. The van der Waals surface area contributed by atoms with Crippen molar-refractivity contribution in [3.8, 4) is 0 Å². The molecule has 28 heavy (non-hydrogen) atoms. The molecule has 1 saturated carbocycles. The molecule has 0 saturated heterocycles. The van der Waals surface area contributed by atoms with Gasteiger partial charge in [0.2, 0.25) is 5.91 Å². The molecule has 8 heteroatoms. The highest BCUT2D eigenvalue weighted by Gasteiger charge is 2.17. The maximum atomic E-state index is 13.0. The summed E-state index contributed by atoms with van der Waals surface area (Å²) in [6.45, 7) is 2.83. The molecule has 3 rings (SSSR count). The Kier molecular flexibility index (Phi) is 8.21. The van der Waals surface area contributed by atoms with Crippen molar-refractivity contribution >= 4 is 29.4 Å². The van der Waals surface area contributed by atoms with Crippen LogP contribution in [0.4, 0.5) is 4.39 Å². The number of benzene rings is 1. The number of hydrogen-bond donors (Lipinski definition) is 1. The Morgan fingerprint density at radius 2 is 1.93 bits per heavy atom. The lowest BCUT2D eigenvalue weighted by atomic mass is 9.95. The summed E-state index contributed by atoms with van der Waals surface area (Å²) in [4.78, 5) is 12.2. The van der Waals surface area contributed by atoms with Crippen LogP contribution in [0.2, 0.25) is 0 Å². The van der Waals surface area contributed by atoms with Gasteiger partial charge in [-0.05, 0) is 37.5 Å². The van der Waals surface area contributed by atoms with Gasteiger partial charge in [-0.2, -0.15) is 0 Å². The molecule has 1 aromatic carbocycles. The SMILES string of the molecule is CCn1c(CSCc2ccc(F)cc2)nnc1SCC(=O)NC1CCCCC1. The van der Waals surface area contributed by atoms with Crippen molar-refractivity contribution in [1.29, 1.82) is 0 Å². The predicted molar refractivity (Wildman–Crippen MR) is 113 cm³/mol. The largest absolute Gasteiger partial charge is 0.353 e. The van der Waals surface area contributed by atoms with E-state index in [0.29, 0.717) is 11.8 Å². The summed E-state index contributed by atoms with van der Waals surface area (Å²) in [6.07, 6.45) is 5.89. The van der Waals surface area contributed by atoms with Gasteiger partial charge in [0.1, 0.15) is 11.6 Å². The van der Waals surface area contributed by atoms with E-state index in [9.17, 15) is 9.18 Å². The highest BCUT2D eigenvalue weighted by atomic mass is 32.2. The number of rotatable bonds is 9. The van der Waals surface area contributed by atoms with Crippen LogP contribution >= 0.6 is 23.5 Å². The molecule has 1 fully saturated rings. The smallest absolute Gasteiger partial charge is 0.230 e. The minimum Gasteiger partial charge on any atom is -0.353 e. The summed E-state index contributed by atoms with van der Waals surface area (Å²) in [6, 6.07) is 6.91. The van der Waals surface area contributed by atoms with Gasteiger partial charge in [-0.25, -0.2) is 4.39 Å². The quantitative estimate of drug-likeness (QED) is 0.607. The lowest BCUT2D eigenvalue weighted by Crippen LogP contribution is -2.37. The molecule has 1 aromatic heterocycles. The highest BCUT2D eigenvalue weighted by Crippen LogP contribution is 2.22. The van der Waals surface area contributed by atoms with Gasteiger partial charge in [0, 0.05) is 18.3 Å². The fourth-order valence-corrected chi connectivity index (χ4v) is 5.10. The summed E-state index contributed by atoms with van der Waals surface area (Å²) in [7, 11) is 0. The first-order chi connectivity index (χ1) is 13.7. The highest BCUT2D eigenvalue weighted by molar-refractivity contribution is 7.99. The normalized spacial score (nSPS) is 14.9. The van der Waals surface area contributed by atoms with E-state index in [-0.39, 0.29) is 11.7 Å². The lowest BCUT2D eigenvalue weighted by Gasteiger charge is -2.22. The van der Waals surface area contributed by atoms with Crippen LogP contribution < -0.4 is 5.32 Å². The van der Waals surface area contributed by atoms with Crippen molar-refractivity contribution in [2.45, 2.75) is 68.3 Å². The zero-order valence-electron chi connectivity index (χ0n) is 16.2. The Bertz CT molecular complexity index is 760. The summed E-state index contributed by atoms with van der Waals surface area (Å²) < 4.78 is 15.0. The van der Waals surface area contributed by atoms with E-state index in [2.05, 4.69) is 27.0 Å². The molecular formula is C20H27FN4OS2. The number of hydrogen-bond acceptors (Lipinski definition) is 5. The molecule has 0 spiro atoms. The van der Waals surface area contributed by atoms with Crippen LogP contribution in [0.15, 0.2) is 29.4 Å². The number of carbonyl (C=O) groups excluding carboxylic acids is 1. The van der Waals surface area contributed by atoms with Crippen LogP contribution in [0.1, 0.15) is 50.4 Å². The average molecular weight is 423 g/mol. The number of nitrogens with zero attached hydrogens (tertiary/aromatic N) is 3. The second-order valence-corrected chi connectivity index (χ2v) is 8.88. The number of halogens is 1. The summed E-state index contributed by atoms with van der Waals surface area (Å²) >= 11 is 3.17. The molecule has 5 nitrogen and oxygen atoms in total. The average Bonchev–Trinajstić information content (AvgIpc) is 3.10. The van der Waals surface area contributed by atoms with Crippen molar-refractivity contribution in [2.24, 2.45) is 0 Å². The van der Waals surface area contributed by atoms with Gasteiger partial charge < -0.3 is 9.88 Å². The van der Waals surface area contributed by atoms with E-state index in [0.717, 1.165) is 47.4 Å². The molecule has 1 heterocycles. The van der Waals surface area contributed by atoms with Crippen molar-refractivity contribution < 1.29 is 9.18 Å². The molecule has 1 aliphatic rings. The number of carbonyl (C=O) groups is 1. The summed E-state index contributed by atoms with van der Waals surface area (Å²) in [5.74, 6) is 2.67. The van der Waals surface area contributed by atoms with Crippen LogP contribution in [-0.4, -0.2) is 32.5 Å². The molecule has 1 amide bonds. The first-order valence-corrected chi connectivity index (χ1v) is 12.0. The van der Waals surface area contributed by atoms with Crippen molar-refractivity contribution in [3.63, 3.8) is 0 Å². The summed E-state index contributed by atoms with van der Waals surface area (Å²) in [5, 5.41) is 12.5. The molecule has 0 atom stereocenters. The van der Waals surface area contributed by atoms with E-state index >= 15 is 0 Å². The standard InChI is InChI=1S/C20H27FN4OS2/c1-2-25-18(13-27-12-15-8-10-16(21)11-9-15)23-24-20(25)28-14-19(26)22-17-6-4-3-5-7-17/h8-11,17H,2-7,12-14H2,1H3,(H,22,26). The number of aromatic nitrogens is 3. The first kappa shape index (κ1) is 21.2. The van der Waals surface area contributed by atoms with Crippen LogP contribution in [0, 0.1) is 5.82 Å². The molecule has 152 valence electrons. The lowest BCUT2D eigenvalue weighted by molar-refractivity contribution is -0.119. The maximum absolute atomic E-state index is 13.0. The molecule has 0 unspecified atom stereocenters. The second-order valence-electron chi connectivity index (χ2n) is 6.95. The van der Waals surface area contributed by atoms with E-state index in [1.165, 1.54) is 43.2 Å². The van der Waals surface area contributed by atoms with E-state index in [1.54, 1.807) is 23.9 Å². The fourth-order valence-electron chi connectivity index (χ4n) is 3.34. The van der Waals surface area contributed by atoms with Gasteiger partial charge in [-0.1, -0.05) is 43.2 Å². The molecule has 1 N–H and O–H groups in total. The molecule has 0 bridgehead atoms. The third-order valence-electron chi connectivity index (χ3n) is 4.83. The fraction of sp³-hybridized carbons (Fsp3) is 0.550. The molecule has 1 aliphatic carbocycles. The van der Waals surface area contributed by atoms with Crippen molar-refractivity contribution in [1.82, 2.24) is 20.1 Å². The van der Waals surface area contributed by atoms with Crippen LogP contribution in [-0.2, 0) is 22.8 Å². The van der Waals surface area contributed by atoms with Gasteiger partial charge in [0.25, 0.3) is 0 Å². The Morgan fingerprint density at radius 1 is 1.18 bits per heavy atom. The molecule has 0 aliphatic heterocycles. The Hall–Kier alpha value is -1.54. The van der Waals surface area contributed by atoms with E-state index < -0.39 is 0 Å².